The number of rotatable bonds is 5. The number of carboxylic acids is 2. The fourth-order valence-corrected chi connectivity index (χ4v) is 1.61. The third-order valence-corrected chi connectivity index (χ3v) is 2.35. The minimum atomic E-state index is -1.28. The van der Waals surface area contributed by atoms with E-state index in [2.05, 4.69) is 20.9 Å². The smallest absolute Gasteiger partial charge is 0.323 e. The molecule has 0 atom stereocenters. The normalized spacial score (nSPS) is 9.83. The number of carboxylic acid groups (broad SMARTS) is 2. The molecular weight excluding hydrogens is 308 g/mol. The van der Waals surface area contributed by atoms with Gasteiger partial charge >= 0.3 is 11.9 Å². The first-order chi connectivity index (χ1) is 8.40. The van der Waals surface area contributed by atoms with Crippen LogP contribution in [0.3, 0.4) is 0 Å². The minimum absolute atomic E-state index is 0.166. The van der Waals surface area contributed by atoms with E-state index in [0.717, 1.165) is 4.90 Å². The number of nitrogens with zero attached hydrogens (tertiary/aromatic N) is 2. The molecule has 0 fully saturated rings. The molecular formula is C10H9BrN2O5. The molecule has 0 saturated heterocycles. The van der Waals surface area contributed by atoms with Gasteiger partial charge in [-0.25, -0.2) is 4.98 Å². The van der Waals surface area contributed by atoms with E-state index in [-0.39, 0.29) is 5.56 Å². The Morgan fingerprint density at radius 2 is 1.78 bits per heavy atom. The number of pyridine rings is 1. The molecule has 0 radical (unpaired) electrons. The van der Waals surface area contributed by atoms with E-state index >= 15 is 0 Å². The van der Waals surface area contributed by atoms with Crippen LogP contribution in [0.25, 0.3) is 0 Å². The Labute approximate surface area is 110 Å². The Kier molecular flexibility index (Phi) is 4.78. The van der Waals surface area contributed by atoms with Gasteiger partial charge in [0, 0.05) is 11.8 Å². The summed E-state index contributed by atoms with van der Waals surface area (Å²) < 4.78 is 0.402. The Bertz CT molecular complexity index is 475. The van der Waals surface area contributed by atoms with Crippen LogP contribution in [0.2, 0.25) is 0 Å². The molecule has 2 N–H and O–H groups in total. The second kappa shape index (κ2) is 6.10. The average Bonchev–Trinajstić information content (AvgIpc) is 2.26. The summed E-state index contributed by atoms with van der Waals surface area (Å²) in [4.78, 5) is 37.6. The molecule has 96 valence electrons. The predicted molar refractivity (Wildman–Crippen MR) is 63.1 cm³/mol. The lowest BCUT2D eigenvalue weighted by Crippen LogP contribution is -2.39. The Balaban J connectivity index is 2.94. The van der Waals surface area contributed by atoms with Gasteiger partial charge in [0.05, 0.1) is 0 Å². The Morgan fingerprint density at radius 3 is 2.22 bits per heavy atom. The summed E-state index contributed by atoms with van der Waals surface area (Å²) in [5.41, 5.74) is 0.166. The summed E-state index contributed by atoms with van der Waals surface area (Å²) in [6.45, 7) is -1.35. The van der Waals surface area contributed by atoms with Gasteiger partial charge in [-0.15, -0.1) is 0 Å². The Hall–Kier alpha value is -1.96. The van der Waals surface area contributed by atoms with Crippen molar-refractivity contribution in [1.29, 1.82) is 0 Å². The molecule has 1 aromatic rings. The molecule has 0 aliphatic rings. The van der Waals surface area contributed by atoms with Crippen LogP contribution in [-0.4, -0.2) is 51.0 Å². The van der Waals surface area contributed by atoms with Crippen molar-refractivity contribution in [3.63, 3.8) is 0 Å². The van der Waals surface area contributed by atoms with E-state index in [1.54, 1.807) is 0 Å². The van der Waals surface area contributed by atoms with Crippen LogP contribution in [0.4, 0.5) is 0 Å². The molecule has 18 heavy (non-hydrogen) atoms. The van der Waals surface area contributed by atoms with Crippen molar-refractivity contribution in [2.75, 3.05) is 13.1 Å². The molecule has 0 aliphatic carbocycles. The van der Waals surface area contributed by atoms with Crippen molar-refractivity contribution < 1.29 is 24.6 Å². The van der Waals surface area contributed by atoms with Gasteiger partial charge in [-0.1, -0.05) is 0 Å². The molecule has 1 rings (SSSR count). The summed E-state index contributed by atoms with van der Waals surface area (Å²) in [5, 5.41) is 17.3. The van der Waals surface area contributed by atoms with E-state index in [9.17, 15) is 14.4 Å². The summed E-state index contributed by atoms with van der Waals surface area (Å²) in [6.07, 6.45) is 1.36. The fourth-order valence-electron chi connectivity index (χ4n) is 1.24. The lowest BCUT2D eigenvalue weighted by molar-refractivity contribution is -0.140. The van der Waals surface area contributed by atoms with E-state index in [1.807, 2.05) is 0 Å². The summed E-state index contributed by atoms with van der Waals surface area (Å²) in [6, 6.07) is 2.77. The van der Waals surface area contributed by atoms with Crippen molar-refractivity contribution >= 4 is 33.8 Å². The summed E-state index contributed by atoms with van der Waals surface area (Å²) >= 11 is 3.07. The maximum Gasteiger partial charge on any atom is 0.323 e. The van der Waals surface area contributed by atoms with Crippen molar-refractivity contribution in [1.82, 2.24) is 9.88 Å². The third kappa shape index (κ3) is 4.13. The van der Waals surface area contributed by atoms with E-state index < -0.39 is 30.9 Å². The van der Waals surface area contributed by atoms with Crippen LogP contribution in [-0.2, 0) is 9.59 Å². The molecule has 0 spiro atoms. The highest BCUT2D eigenvalue weighted by atomic mass is 79.9. The van der Waals surface area contributed by atoms with Gasteiger partial charge in [-0.2, -0.15) is 0 Å². The fraction of sp³-hybridized carbons (Fsp3) is 0.200. The number of halogens is 1. The van der Waals surface area contributed by atoms with Crippen molar-refractivity contribution in [3.05, 3.63) is 28.5 Å². The first kappa shape index (κ1) is 14.1. The molecule has 0 aromatic carbocycles. The van der Waals surface area contributed by atoms with E-state index in [1.165, 1.54) is 18.3 Å². The minimum Gasteiger partial charge on any atom is -0.480 e. The second-order valence-corrected chi connectivity index (χ2v) is 4.13. The molecule has 0 unspecified atom stereocenters. The van der Waals surface area contributed by atoms with Gasteiger partial charge in [-0.3, -0.25) is 14.4 Å². The topological polar surface area (TPSA) is 108 Å². The van der Waals surface area contributed by atoms with Crippen molar-refractivity contribution in [2.24, 2.45) is 0 Å². The van der Waals surface area contributed by atoms with Crippen LogP contribution < -0.4 is 0 Å². The number of carbonyl (C=O) groups excluding carboxylic acids is 1. The van der Waals surface area contributed by atoms with Gasteiger partial charge in [0.2, 0.25) is 0 Å². The zero-order valence-electron chi connectivity index (χ0n) is 9.04. The molecule has 1 heterocycles. The van der Waals surface area contributed by atoms with Gasteiger partial charge in [-0.05, 0) is 28.1 Å². The SMILES string of the molecule is O=C(O)CN(CC(=O)O)C(=O)c1ccnc(Br)c1. The molecule has 1 amide bonds. The van der Waals surface area contributed by atoms with E-state index in [4.69, 9.17) is 10.2 Å². The molecule has 1 aromatic heterocycles. The van der Waals surface area contributed by atoms with Gasteiger partial charge in [0.15, 0.2) is 0 Å². The predicted octanol–water partition coefficient (Wildman–Crippen LogP) is 0.456. The molecule has 8 heteroatoms. The molecule has 7 nitrogen and oxygen atoms in total. The highest BCUT2D eigenvalue weighted by Gasteiger charge is 2.21. The lowest BCUT2D eigenvalue weighted by atomic mass is 10.2. The van der Waals surface area contributed by atoms with Gasteiger partial charge < -0.3 is 15.1 Å². The number of aliphatic carboxylic acids is 2. The van der Waals surface area contributed by atoms with Crippen molar-refractivity contribution in [2.45, 2.75) is 0 Å². The average molecular weight is 317 g/mol. The molecule has 0 bridgehead atoms. The number of hydrogen-bond donors (Lipinski definition) is 2. The van der Waals surface area contributed by atoms with Crippen LogP contribution in [0.1, 0.15) is 10.4 Å². The van der Waals surface area contributed by atoms with Crippen LogP contribution >= 0.6 is 15.9 Å². The monoisotopic (exact) mass is 316 g/mol. The zero-order valence-corrected chi connectivity index (χ0v) is 10.6. The first-order valence-corrected chi connectivity index (χ1v) is 5.54. The summed E-state index contributed by atoms with van der Waals surface area (Å²) in [5.74, 6) is -3.24. The third-order valence-electron chi connectivity index (χ3n) is 1.91. The standard InChI is InChI=1S/C10H9BrN2O5/c11-7-3-6(1-2-12-7)10(18)13(4-8(14)15)5-9(16)17/h1-3H,4-5H2,(H,14,15)(H,16,17). The lowest BCUT2D eigenvalue weighted by Gasteiger charge is -2.18. The van der Waals surface area contributed by atoms with Crippen LogP contribution in [0.5, 0.6) is 0 Å². The maximum atomic E-state index is 11.9. The highest BCUT2D eigenvalue weighted by molar-refractivity contribution is 9.10. The largest absolute Gasteiger partial charge is 0.480 e. The highest BCUT2D eigenvalue weighted by Crippen LogP contribution is 2.10. The maximum absolute atomic E-state index is 11.9. The van der Waals surface area contributed by atoms with Crippen LogP contribution in [0, 0.1) is 0 Å². The molecule has 0 saturated carbocycles. The number of amides is 1. The van der Waals surface area contributed by atoms with Gasteiger partial charge in [0.25, 0.3) is 5.91 Å². The van der Waals surface area contributed by atoms with E-state index in [0.29, 0.717) is 4.60 Å². The summed E-state index contributed by atoms with van der Waals surface area (Å²) in [7, 11) is 0. The molecule has 0 aliphatic heterocycles. The van der Waals surface area contributed by atoms with Crippen molar-refractivity contribution in [3.8, 4) is 0 Å². The zero-order chi connectivity index (χ0) is 13.7. The Morgan fingerprint density at radius 1 is 1.22 bits per heavy atom. The number of hydrogen-bond acceptors (Lipinski definition) is 4. The van der Waals surface area contributed by atoms with Crippen LogP contribution in [0.15, 0.2) is 22.9 Å². The number of aromatic nitrogens is 1. The number of carbonyl (C=O) groups is 3. The first-order valence-electron chi connectivity index (χ1n) is 4.74. The van der Waals surface area contributed by atoms with Gasteiger partial charge in [0.1, 0.15) is 17.7 Å². The second-order valence-electron chi connectivity index (χ2n) is 3.32. The quantitative estimate of drug-likeness (QED) is 0.764.